The molecule has 0 atom stereocenters. The van der Waals surface area contributed by atoms with E-state index in [1.807, 2.05) is 0 Å². The smallest absolute Gasteiger partial charge is 0.313 e. The van der Waals surface area contributed by atoms with Crippen molar-refractivity contribution in [1.29, 1.82) is 0 Å². The number of carboxylic acid groups (broad SMARTS) is 1. The van der Waals surface area contributed by atoms with Crippen LogP contribution in [0.2, 0.25) is 0 Å². The summed E-state index contributed by atoms with van der Waals surface area (Å²) in [6.45, 7) is 0.161. The summed E-state index contributed by atoms with van der Waals surface area (Å²) in [7, 11) is 1.49. The zero-order chi connectivity index (χ0) is 25.7. The highest BCUT2D eigenvalue weighted by atomic mass is 19.2. The normalized spacial score (nSPS) is 19.6. The van der Waals surface area contributed by atoms with E-state index in [1.165, 1.54) is 19.4 Å². The van der Waals surface area contributed by atoms with Crippen LogP contribution in [0.3, 0.4) is 0 Å². The number of pyridine rings is 1. The van der Waals surface area contributed by atoms with Crippen LogP contribution >= 0.6 is 0 Å². The number of amides is 1. The van der Waals surface area contributed by atoms with Gasteiger partial charge in [-0.05, 0) is 49.4 Å². The van der Waals surface area contributed by atoms with Crippen LogP contribution in [-0.2, 0) is 16.0 Å². The molecule has 2 heterocycles. The molecule has 36 heavy (non-hydrogen) atoms. The number of nitrogens with one attached hydrogen (secondary N) is 1. The van der Waals surface area contributed by atoms with Crippen molar-refractivity contribution in [2.75, 3.05) is 19.0 Å². The summed E-state index contributed by atoms with van der Waals surface area (Å²) in [6, 6.07) is 6.57. The molecule has 1 aliphatic carbocycles. The Labute approximate surface area is 204 Å². The van der Waals surface area contributed by atoms with Gasteiger partial charge in [0.15, 0.2) is 11.6 Å². The standard InChI is InChI=1S/C24H24F2N4O6/c1-34-13-24(23(32)33)8-6-16(7-9-24)35-19-5-3-15(12-27-19)28-21(31)22-30-29-20(36-22)11-14-2-4-17(25)18(26)10-14/h2-5,10,12,16H,6-9,11,13H2,1H3,(H,28,31)(H,32,33). The van der Waals surface area contributed by atoms with Gasteiger partial charge in [-0.15, -0.1) is 10.2 Å². The summed E-state index contributed by atoms with van der Waals surface area (Å²) in [5.74, 6) is -3.36. The maximum atomic E-state index is 13.4. The Hall–Kier alpha value is -3.93. The molecule has 0 bridgehead atoms. The number of benzene rings is 1. The van der Waals surface area contributed by atoms with Crippen molar-refractivity contribution in [2.45, 2.75) is 38.2 Å². The van der Waals surface area contributed by atoms with E-state index in [2.05, 4.69) is 20.5 Å². The number of rotatable bonds is 9. The molecule has 1 amide bonds. The quantitative estimate of drug-likeness (QED) is 0.449. The topological polar surface area (TPSA) is 137 Å². The number of aromatic nitrogens is 3. The van der Waals surface area contributed by atoms with E-state index in [9.17, 15) is 23.5 Å². The first-order chi connectivity index (χ1) is 17.3. The molecule has 1 aromatic carbocycles. The van der Waals surface area contributed by atoms with Gasteiger partial charge in [-0.25, -0.2) is 13.8 Å². The summed E-state index contributed by atoms with van der Waals surface area (Å²) in [6.07, 6.45) is 3.26. The second kappa shape index (κ2) is 10.8. The first-order valence-corrected chi connectivity index (χ1v) is 11.2. The number of halogens is 2. The lowest BCUT2D eigenvalue weighted by atomic mass is 9.73. The number of nitrogens with zero attached hydrogens (tertiary/aromatic N) is 3. The highest BCUT2D eigenvalue weighted by Crippen LogP contribution is 2.38. The number of ether oxygens (including phenoxy) is 2. The molecule has 1 saturated carbocycles. The predicted molar refractivity (Wildman–Crippen MR) is 120 cm³/mol. The van der Waals surface area contributed by atoms with E-state index < -0.39 is 28.9 Å². The summed E-state index contributed by atoms with van der Waals surface area (Å²) < 4.78 is 42.7. The monoisotopic (exact) mass is 502 g/mol. The summed E-state index contributed by atoms with van der Waals surface area (Å²) in [5, 5.41) is 19.6. The molecule has 10 nitrogen and oxygen atoms in total. The Balaban J connectivity index is 1.29. The number of carbonyl (C=O) groups excluding carboxylic acids is 1. The predicted octanol–water partition coefficient (Wildman–Crippen LogP) is 3.62. The minimum absolute atomic E-state index is 0.0330. The average molecular weight is 502 g/mol. The van der Waals surface area contributed by atoms with Crippen LogP contribution in [0.25, 0.3) is 0 Å². The molecule has 190 valence electrons. The van der Waals surface area contributed by atoms with Gasteiger partial charge >= 0.3 is 17.8 Å². The van der Waals surface area contributed by atoms with Crippen LogP contribution in [-0.4, -0.2) is 52.0 Å². The highest BCUT2D eigenvalue weighted by molar-refractivity contribution is 6.00. The zero-order valence-electron chi connectivity index (χ0n) is 19.4. The van der Waals surface area contributed by atoms with Gasteiger partial charge in [0.05, 0.1) is 30.3 Å². The lowest BCUT2D eigenvalue weighted by molar-refractivity contribution is -0.156. The number of aliphatic carboxylic acids is 1. The Kier molecular flexibility index (Phi) is 7.53. The number of carboxylic acids is 1. The van der Waals surface area contributed by atoms with Gasteiger partial charge in [0.2, 0.25) is 11.8 Å². The van der Waals surface area contributed by atoms with Crippen LogP contribution in [0.4, 0.5) is 14.5 Å². The second-order valence-corrected chi connectivity index (χ2v) is 8.60. The van der Waals surface area contributed by atoms with E-state index >= 15 is 0 Å². The maximum Gasteiger partial charge on any atom is 0.313 e. The average Bonchev–Trinajstić information content (AvgIpc) is 3.33. The van der Waals surface area contributed by atoms with Crippen molar-refractivity contribution in [3.8, 4) is 5.88 Å². The zero-order valence-corrected chi connectivity index (χ0v) is 19.4. The molecule has 0 radical (unpaired) electrons. The highest BCUT2D eigenvalue weighted by Gasteiger charge is 2.42. The maximum absolute atomic E-state index is 13.4. The number of anilines is 1. The minimum Gasteiger partial charge on any atom is -0.481 e. The number of hydrogen-bond acceptors (Lipinski definition) is 8. The van der Waals surface area contributed by atoms with Crippen LogP contribution in [0, 0.1) is 17.0 Å². The Morgan fingerprint density at radius 1 is 1.17 bits per heavy atom. The summed E-state index contributed by atoms with van der Waals surface area (Å²) in [4.78, 5) is 28.3. The molecule has 1 aliphatic rings. The second-order valence-electron chi connectivity index (χ2n) is 8.60. The lowest BCUT2D eigenvalue weighted by Gasteiger charge is -2.36. The third-order valence-corrected chi connectivity index (χ3v) is 6.05. The van der Waals surface area contributed by atoms with Crippen LogP contribution in [0.5, 0.6) is 5.88 Å². The molecule has 0 spiro atoms. The van der Waals surface area contributed by atoms with Crippen LogP contribution in [0.1, 0.15) is 47.8 Å². The fourth-order valence-electron chi connectivity index (χ4n) is 4.08. The molecule has 2 N–H and O–H groups in total. The van der Waals surface area contributed by atoms with E-state index in [0.29, 0.717) is 42.8 Å². The van der Waals surface area contributed by atoms with Crippen molar-refractivity contribution in [2.24, 2.45) is 5.41 Å². The first kappa shape index (κ1) is 25.2. The molecular weight excluding hydrogens is 478 g/mol. The van der Waals surface area contributed by atoms with Gasteiger partial charge in [-0.1, -0.05) is 6.07 Å². The van der Waals surface area contributed by atoms with Gasteiger partial charge in [-0.2, -0.15) is 0 Å². The third kappa shape index (κ3) is 5.82. The van der Waals surface area contributed by atoms with Crippen molar-refractivity contribution in [3.63, 3.8) is 0 Å². The SMILES string of the molecule is COCC1(C(=O)O)CCC(Oc2ccc(NC(=O)c3nnc(Cc4ccc(F)c(F)c4)o3)cn2)CC1. The third-order valence-electron chi connectivity index (χ3n) is 6.05. The molecule has 12 heteroatoms. The largest absolute Gasteiger partial charge is 0.481 e. The van der Waals surface area contributed by atoms with Crippen molar-refractivity contribution >= 4 is 17.6 Å². The van der Waals surface area contributed by atoms with Crippen molar-refractivity contribution < 1.29 is 37.4 Å². The summed E-state index contributed by atoms with van der Waals surface area (Å²) in [5.41, 5.74) is -0.115. The van der Waals surface area contributed by atoms with Gasteiger partial charge < -0.3 is 24.3 Å². The van der Waals surface area contributed by atoms with Crippen molar-refractivity contribution in [1.82, 2.24) is 15.2 Å². The number of hydrogen-bond donors (Lipinski definition) is 2. The van der Waals surface area contributed by atoms with E-state index in [0.717, 1.165) is 12.1 Å². The fraction of sp³-hybridized carbons (Fsp3) is 0.375. The molecule has 0 unspecified atom stereocenters. The Bertz CT molecular complexity index is 1230. The van der Waals surface area contributed by atoms with E-state index in [-0.39, 0.29) is 30.9 Å². The molecule has 0 aliphatic heterocycles. The Morgan fingerprint density at radius 3 is 2.58 bits per heavy atom. The van der Waals surface area contributed by atoms with Gasteiger partial charge in [0.25, 0.3) is 0 Å². The van der Waals surface area contributed by atoms with Crippen LogP contribution in [0.15, 0.2) is 40.9 Å². The molecular formula is C24H24F2N4O6. The number of carbonyl (C=O) groups is 2. The van der Waals surface area contributed by atoms with Crippen molar-refractivity contribution in [3.05, 3.63) is 65.5 Å². The molecule has 2 aromatic heterocycles. The minimum atomic E-state index is -0.993. The van der Waals surface area contributed by atoms with E-state index in [1.54, 1.807) is 12.1 Å². The first-order valence-electron chi connectivity index (χ1n) is 11.2. The lowest BCUT2D eigenvalue weighted by Crippen LogP contribution is -2.41. The molecule has 0 saturated heterocycles. The van der Waals surface area contributed by atoms with Gasteiger partial charge in [0, 0.05) is 13.2 Å². The fourth-order valence-corrected chi connectivity index (χ4v) is 4.08. The molecule has 1 fully saturated rings. The number of methoxy groups -OCH3 is 1. The molecule has 4 rings (SSSR count). The summed E-state index contributed by atoms with van der Waals surface area (Å²) >= 11 is 0. The van der Waals surface area contributed by atoms with E-state index in [4.69, 9.17) is 13.9 Å². The molecule has 3 aromatic rings. The van der Waals surface area contributed by atoms with Crippen LogP contribution < -0.4 is 10.1 Å². The Morgan fingerprint density at radius 2 is 1.94 bits per heavy atom. The van der Waals surface area contributed by atoms with Gasteiger partial charge in [-0.3, -0.25) is 9.59 Å². The van der Waals surface area contributed by atoms with Gasteiger partial charge in [0.1, 0.15) is 6.10 Å².